The fourth-order valence-electron chi connectivity index (χ4n) is 9.68. The number of benzene rings is 1. The summed E-state index contributed by atoms with van der Waals surface area (Å²) in [7, 11) is 1.68. The number of nitrogens with one attached hydrogen (secondary N) is 2. The highest BCUT2D eigenvalue weighted by atomic mass is 19.3. The van der Waals surface area contributed by atoms with Crippen molar-refractivity contribution in [2.24, 2.45) is 18.4 Å². The molecule has 5 aromatic rings. The third-order valence-electron chi connectivity index (χ3n) is 13.6. The van der Waals surface area contributed by atoms with Crippen molar-refractivity contribution in [3.63, 3.8) is 0 Å². The molecule has 1 aliphatic carbocycles. The van der Waals surface area contributed by atoms with Gasteiger partial charge in [-0.1, -0.05) is 31.8 Å². The van der Waals surface area contributed by atoms with E-state index >= 15 is 0 Å². The molecule has 16 nitrogen and oxygen atoms in total. The third-order valence-corrected chi connectivity index (χ3v) is 13.6. The average molecular weight is 865 g/mol. The Labute approximate surface area is 363 Å². The van der Waals surface area contributed by atoms with E-state index in [1.807, 2.05) is 24.3 Å². The number of halogens is 2. The number of aromatic nitrogens is 7. The number of carbonyl (C=O) groups is 3. The van der Waals surface area contributed by atoms with Gasteiger partial charge in [-0.15, -0.1) is 0 Å². The number of fused-ring (bicyclic) bond motifs is 2. The first kappa shape index (κ1) is 42.4. The van der Waals surface area contributed by atoms with Crippen molar-refractivity contribution in [1.82, 2.24) is 48.6 Å². The van der Waals surface area contributed by atoms with Crippen LogP contribution in [0.2, 0.25) is 0 Å². The number of nitrogens with zero attached hydrogens (tertiary/aromatic N) is 10. The summed E-state index contributed by atoms with van der Waals surface area (Å²) in [4.78, 5) is 63.0. The number of anilines is 2. The molecule has 4 aromatic heterocycles. The number of amides is 3. The van der Waals surface area contributed by atoms with Gasteiger partial charge in [-0.2, -0.15) is 10.2 Å². The molecule has 1 unspecified atom stereocenters. The summed E-state index contributed by atoms with van der Waals surface area (Å²) in [6.45, 7) is 11.4. The largest absolute Gasteiger partial charge is 0.356 e. The number of piperidine rings is 2. The minimum atomic E-state index is -2.86. The van der Waals surface area contributed by atoms with Crippen LogP contribution in [-0.2, 0) is 16.6 Å². The Hall–Kier alpha value is -5.93. The van der Waals surface area contributed by atoms with Gasteiger partial charge in [0.25, 0.3) is 12.3 Å². The number of piperazine rings is 1. The maximum absolute atomic E-state index is 14.3. The van der Waals surface area contributed by atoms with E-state index in [0.717, 1.165) is 90.2 Å². The molecule has 9 rings (SSSR count). The maximum Gasteiger partial charge on any atom is 0.329 e. The first-order chi connectivity index (χ1) is 30.3. The predicted molar refractivity (Wildman–Crippen MR) is 233 cm³/mol. The van der Waals surface area contributed by atoms with Gasteiger partial charge in [0, 0.05) is 71.7 Å². The zero-order valence-corrected chi connectivity index (χ0v) is 36.0. The van der Waals surface area contributed by atoms with Gasteiger partial charge in [0.15, 0.2) is 11.3 Å². The van der Waals surface area contributed by atoms with Crippen LogP contribution in [0.1, 0.15) is 105 Å². The molecule has 2 N–H and O–H groups in total. The van der Waals surface area contributed by atoms with Crippen LogP contribution in [-0.4, -0.2) is 113 Å². The van der Waals surface area contributed by atoms with E-state index in [2.05, 4.69) is 61.2 Å². The van der Waals surface area contributed by atoms with Gasteiger partial charge in [-0.3, -0.25) is 38.4 Å². The lowest BCUT2D eigenvalue weighted by atomic mass is 9.83. The van der Waals surface area contributed by atoms with E-state index in [0.29, 0.717) is 34.7 Å². The number of para-hydroxylation sites is 1. The molecule has 0 bridgehead atoms. The Balaban J connectivity index is 0.767. The first-order valence-corrected chi connectivity index (χ1v) is 22.1. The normalized spacial score (nSPS) is 22.4. The van der Waals surface area contributed by atoms with Crippen LogP contribution in [0.3, 0.4) is 0 Å². The smallest absolute Gasteiger partial charge is 0.329 e. The van der Waals surface area contributed by atoms with Crippen LogP contribution in [0.5, 0.6) is 0 Å². The molecule has 7 heterocycles. The lowest BCUT2D eigenvalue weighted by Crippen LogP contribution is -2.48. The van der Waals surface area contributed by atoms with E-state index in [-0.39, 0.29) is 47.1 Å². The molecule has 332 valence electrons. The molecule has 63 heavy (non-hydrogen) atoms. The Morgan fingerprint density at radius 3 is 2.46 bits per heavy atom. The summed E-state index contributed by atoms with van der Waals surface area (Å²) < 4.78 is 34.8. The number of hydrogen-bond acceptors (Lipinski definition) is 10. The van der Waals surface area contributed by atoms with E-state index in [1.54, 1.807) is 24.1 Å². The third kappa shape index (κ3) is 8.72. The van der Waals surface area contributed by atoms with Crippen molar-refractivity contribution < 1.29 is 23.2 Å². The van der Waals surface area contributed by atoms with Crippen molar-refractivity contribution in [3.05, 3.63) is 70.2 Å². The van der Waals surface area contributed by atoms with Crippen molar-refractivity contribution in [3.8, 4) is 11.8 Å². The van der Waals surface area contributed by atoms with Crippen LogP contribution in [0.15, 0.2) is 47.7 Å². The van der Waals surface area contributed by atoms with E-state index in [4.69, 9.17) is 4.98 Å². The van der Waals surface area contributed by atoms with Gasteiger partial charge in [0.2, 0.25) is 11.8 Å². The summed E-state index contributed by atoms with van der Waals surface area (Å²) >= 11 is 0. The number of hydrogen-bond donors (Lipinski definition) is 2. The average Bonchev–Trinajstić information content (AvgIpc) is 3.96. The van der Waals surface area contributed by atoms with E-state index in [1.165, 1.54) is 19.8 Å². The summed E-state index contributed by atoms with van der Waals surface area (Å²) in [5.41, 5.74) is 2.08. The standard InChI is InChI=1S/C45H54F2N12O4/c1-45(2)16-20-56(21-17-45)36-15-19-57-41(50-36)32(26-48-57)42(61)49-33-28-58(52-38(33)40(46)47)31-11-9-29(10-12-31)27-55-24-22-54(23-25-55)18-5-7-30-6-4-8-34-39(30)53(3)44(63)59(34)35-13-14-37(60)51-43(35)62/h4,6,8,15,19,26,28-29,31,35,40H,9-14,16-18,20-25,27H2,1-3H3,(H,49,61)(H,51,60,62)/t29-,31-,35?. The predicted octanol–water partition coefficient (Wildman–Crippen LogP) is 4.77. The molecule has 18 heteroatoms. The number of imide groups is 1. The quantitative estimate of drug-likeness (QED) is 0.156. The van der Waals surface area contributed by atoms with Gasteiger partial charge in [-0.05, 0) is 74.5 Å². The lowest BCUT2D eigenvalue weighted by molar-refractivity contribution is -0.135. The van der Waals surface area contributed by atoms with Crippen molar-refractivity contribution in [1.29, 1.82) is 0 Å². The Bertz CT molecular complexity index is 2660. The molecule has 3 saturated heterocycles. The maximum atomic E-state index is 14.3. The fourth-order valence-corrected chi connectivity index (χ4v) is 9.68. The summed E-state index contributed by atoms with van der Waals surface area (Å²) in [5, 5.41) is 13.7. The van der Waals surface area contributed by atoms with E-state index in [9.17, 15) is 28.0 Å². The van der Waals surface area contributed by atoms with Gasteiger partial charge in [-0.25, -0.2) is 23.1 Å². The Kier molecular flexibility index (Phi) is 11.7. The summed E-state index contributed by atoms with van der Waals surface area (Å²) in [6, 6.07) is 6.62. The van der Waals surface area contributed by atoms with E-state index < -0.39 is 30.0 Å². The second kappa shape index (κ2) is 17.3. The molecular weight excluding hydrogens is 811 g/mol. The monoisotopic (exact) mass is 864 g/mol. The minimum absolute atomic E-state index is 0.00000915. The zero-order chi connectivity index (χ0) is 44.0. The minimum Gasteiger partial charge on any atom is -0.356 e. The second-order valence-corrected chi connectivity index (χ2v) is 18.3. The molecule has 0 radical (unpaired) electrons. The van der Waals surface area contributed by atoms with Crippen molar-refractivity contribution in [2.75, 3.05) is 62.6 Å². The van der Waals surface area contributed by atoms with Crippen molar-refractivity contribution >= 4 is 45.9 Å². The number of imidazole rings is 1. The summed E-state index contributed by atoms with van der Waals surface area (Å²) in [5.74, 6) is 6.47. The molecule has 4 fully saturated rings. The number of carbonyl (C=O) groups excluding carboxylic acids is 3. The Morgan fingerprint density at radius 1 is 0.984 bits per heavy atom. The molecule has 3 amide bonds. The number of rotatable bonds is 9. The van der Waals surface area contributed by atoms with Gasteiger partial charge in [0.1, 0.15) is 17.4 Å². The molecule has 0 spiro atoms. The number of aryl methyl sites for hydroxylation is 1. The molecular formula is C45H54F2N12O4. The highest BCUT2D eigenvalue weighted by Crippen LogP contribution is 2.36. The topological polar surface area (TPSA) is 160 Å². The molecule has 4 aliphatic rings. The molecule has 1 aromatic carbocycles. The zero-order valence-electron chi connectivity index (χ0n) is 36.0. The van der Waals surface area contributed by atoms with Gasteiger partial charge >= 0.3 is 5.69 Å². The fraction of sp³-hybridized carbons (Fsp3) is 0.533. The summed E-state index contributed by atoms with van der Waals surface area (Å²) in [6.07, 6.45) is 7.92. The first-order valence-electron chi connectivity index (χ1n) is 22.1. The van der Waals surface area contributed by atoms with Gasteiger partial charge in [0.05, 0.1) is 41.1 Å². The van der Waals surface area contributed by atoms with Crippen LogP contribution in [0, 0.1) is 23.2 Å². The van der Waals surface area contributed by atoms with Crippen LogP contribution in [0.25, 0.3) is 16.7 Å². The lowest BCUT2D eigenvalue weighted by Gasteiger charge is -2.37. The SMILES string of the molecule is Cn1c(=O)n(C2CCC(=O)NC2=O)c2cccc(C#CCN3CCN(C[C@H]4CC[C@H](n5cc(NC(=O)c6cnn7ccc(N8CCC(C)(C)CC8)nc67)c(C(F)F)n5)CC4)CC3)c21. The highest BCUT2D eigenvalue weighted by Gasteiger charge is 2.33. The number of alkyl halides is 2. The molecule has 1 saturated carbocycles. The molecule has 1 atom stereocenters. The van der Waals surface area contributed by atoms with Crippen LogP contribution < -0.4 is 21.2 Å². The second-order valence-electron chi connectivity index (χ2n) is 18.3. The van der Waals surface area contributed by atoms with Gasteiger partial charge < -0.3 is 15.1 Å². The van der Waals surface area contributed by atoms with Crippen LogP contribution >= 0.6 is 0 Å². The highest BCUT2D eigenvalue weighted by molar-refractivity contribution is 6.08. The van der Waals surface area contributed by atoms with Crippen LogP contribution in [0.4, 0.5) is 20.3 Å². The van der Waals surface area contributed by atoms with Crippen molar-refractivity contribution in [2.45, 2.75) is 83.7 Å². The molecule has 3 aliphatic heterocycles. The Morgan fingerprint density at radius 2 is 1.73 bits per heavy atom.